The number of aryl methyl sites for hydroxylation is 1. The number of likely N-dealkylation sites (N-methyl/N-ethyl adjacent to an activating group) is 1. The third-order valence-corrected chi connectivity index (χ3v) is 9.09. The van der Waals surface area contributed by atoms with E-state index >= 15 is 0 Å². The Morgan fingerprint density at radius 2 is 1.60 bits per heavy atom. The lowest BCUT2D eigenvalue weighted by Crippen LogP contribution is -2.36. The average Bonchev–Trinajstić information content (AvgIpc) is 2.89. The number of sulfonamides is 1. The van der Waals surface area contributed by atoms with Gasteiger partial charge in [0, 0.05) is 13.6 Å². The van der Waals surface area contributed by atoms with E-state index < -0.39 is 10.0 Å². The average molecular weight is 495 g/mol. The number of benzene rings is 3. The molecule has 0 bridgehead atoms. The van der Waals surface area contributed by atoms with Crippen molar-refractivity contribution in [2.75, 3.05) is 33.2 Å². The molecule has 35 heavy (non-hydrogen) atoms. The first-order chi connectivity index (χ1) is 16.8. The van der Waals surface area contributed by atoms with Crippen molar-refractivity contribution in [2.45, 2.75) is 42.9 Å². The lowest BCUT2D eigenvalue weighted by atomic mass is 9.89. The minimum absolute atomic E-state index is 0.0968. The number of nitrogens with zero attached hydrogens (tertiary/aromatic N) is 2. The van der Waals surface area contributed by atoms with Gasteiger partial charge >= 0.3 is 0 Å². The first-order valence-corrected chi connectivity index (χ1v) is 13.8. The van der Waals surface area contributed by atoms with Gasteiger partial charge in [-0.05, 0) is 92.5 Å². The second-order valence-electron chi connectivity index (χ2n) is 9.62. The second-order valence-corrected chi connectivity index (χ2v) is 11.7. The molecular weight excluding hydrogens is 459 g/mol. The summed E-state index contributed by atoms with van der Waals surface area (Å²) in [6.45, 7) is 4.96. The Kier molecular flexibility index (Phi) is 8.37. The standard InChI is InChI=1S/C29H35FN2O2S/c1-23-13-14-26(21-29(23)30)27(22-31(2)35(33,34)28-11-7-4-8-12-28)17-20-32-18-15-25(16-19-32)24-9-5-3-6-10-24/h3-14,21,25,27H,15-20,22H2,1-2H3/t27-/m0/s1. The van der Waals surface area contributed by atoms with E-state index in [2.05, 4.69) is 35.2 Å². The molecule has 0 spiro atoms. The zero-order valence-corrected chi connectivity index (χ0v) is 21.4. The van der Waals surface area contributed by atoms with E-state index in [1.54, 1.807) is 56.4 Å². The highest BCUT2D eigenvalue weighted by molar-refractivity contribution is 7.89. The van der Waals surface area contributed by atoms with Gasteiger partial charge in [0.05, 0.1) is 4.90 Å². The van der Waals surface area contributed by atoms with E-state index in [0.29, 0.717) is 18.0 Å². The van der Waals surface area contributed by atoms with Crippen molar-refractivity contribution in [3.8, 4) is 0 Å². The summed E-state index contributed by atoms with van der Waals surface area (Å²) in [6.07, 6.45) is 3.01. The fourth-order valence-corrected chi connectivity index (χ4v) is 6.20. The van der Waals surface area contributed by atoms with Crippen LogP contribution in [-0.4, -0.2) is 50.8 Å². The highest BCUT2D eigenvalue weighted by Crippen LogP contribution is 2.30. The summed E-state index contributed by atoms with van der Waals surface area (Å²) < 4.78 is 42.1. The van der Waals surface area contributed by atoms with Crippen molar-refractivity contribution >= 4 is 10.0 Å². The molecule has 0 radical (unpaired) electrons. The van der Waals surface area contributed by atoms with Gasteiger partial charge in [0.15, 0.2) is 0 Å². The van der Waals surface area contributed by atoms with Gasteiger partial charge < -0.3 is 4.90 Å². The lowest BCUT2D eigenvalue weighted by molar-refractivity contribution is 0.203. The van der Waals surface area contributed by atoms with Gasteiger partial charge in [-0.1, -0.05) is 60.7 Å². The third-order valence-electron chi connectivity index (χ3n) is 7.25. The summed E-state index contributed by atoms with van der Waals surface area (Å²) in [5, 5.41) is 0. The molecule has 1 fully saturated rings. The zero-order chi connectivity index (χ0) is 24.8. The molecule has 0 aliphatic carbocycles. The number of rotatable bonds is 9. The Hall–Kier alpha value is -2.54. The van der Waals surface area contributed by atoms with Crippen LogP contribution < -0.4 is 0 Å². The van der Waals surface area contributed by atoms with Gasteiger partial charge in [0.1, 0.15) is 5.82 Å². The van der Waals surface area contributed by atoms with E-state index in [-0.39, 0.29) is 16.6 Å². The van der Waals surface area contributed by atoms with Crippen molar-refractivity contribution in [3.63, 3.8) is 0 Å². The molecule has 3 aromatic carbocycles. The van der Waals surface area contributed by atoms with Crippen molar-refractivity contribution in [2.24, 2.45) is 0 Å². The summed E-state index contributed by atoms with van der Waals surface area (Å²) in [5.41, 5.74) is 2.86. The molecule has 4 rings (SSSR count). The largest absolute Gasteiger partial charge is 0.303 e. The minimum atomic E-state index is -3.62. The second kappa shape index (κ2) is 11.5. The quantitative estimate of drug-likeness (QED) is 0.377. The maximum Gasteiger partial charge on any atom is 0.242 e. The highest BCUT2D eigenvalue weighted by Gasteiger charge is 2.26. The van der Waals surface area contributed by atoms with E-state index in [4.69, 9.17) is 0 Å². The van der Waals surface area contributed by atoms with Gasteiger partial charge in [0.2, 0.25) is 10.0 Å². The van der Waals surface area contributed by atoms with Crippen LogP contribution in [0.3, 0.4) is 0 Å². The van der Waals surface area contributed by atoms with Crippen LogP contribution in [0.1, 0.15) is 47.8 Å². The Labute approximate surface area is 209 Å². The highest BCUT2D eigenvalue weighted by atomic mass is 32.2. The van der Waals surface area contributed by atoms with E-state index in [1.807, 2.05) is 6.07 Å². The molecular formula is C29H35FN2O2S. The van der Waals surface area contributed by atoms with E-state index in [0.717, 1.165) is 44.5 Å². The zero-order valence-electron chi connectivity index (χ0n) is 20.6. The smallest absolute Gasteiger partial charge is 0.242 e. The van der Waals surface area contributed by atoms with Gasteiger partial charge in [-0.15, -0.1) is 0 Å². The molecule has 1 saturated heterocycles. The maximum absolute atomic E-state index is 14.4. The van der Waals surface area contributed by atoms with Crippen LogP contribution in [0.2, 0.25) is 0 Å². The monoisotopic (exact) mass is 494 g/mol. The van der Waals surface area contributed by atoms with Crippen LogP contribution in [0.25, 0.3) is 0 Å². The molecule has 0 unspecified atom stereocenters. The predicted octanol–water partition coefficient (Wildman–Crippen LogP) is 5.81. The summed E-state index contributed by atoms with van der Waals surface area (Å²) in [7, 11) is -2.00. The van der Waals surface area contributed by atoms with Crippen molar-refractivity contribution in [1.29, 1.82) is 0 Å². The molecule has 3 aromatic rings. The van der Waals surface area contributed by atoms with E-state index in [9.17, 15) is 12.8 Å². The summed E-state index contributed by atoms with van der Waals surface area (Å²) >= 11 is 0. The van der Waals surface area contributed by atoms with Crippen molar-refractivity contribution in [1.82, 2.24) is 9.21 Å². The van der Waals surface area contributed by atoms with Crippen LogP contribution in [-0.2, 0) is 10.0 Å². The molecule has 1 aliphatic rings. The Morgan fingerprint density at radius 3 is 2.23 bits per heavy atom. The Bertz CT molecular complexity index is 1190. The fourth-order valence-electron chi connectivity index (χ4n) is 4.96. The summed E-state index contributed by atoms with van der Waals surface area (Å²) in [4.78, 5) is 2.74. The van der Waals surface area contributed by atoms with Crippen molar-refractivity contribution < 1.29 is 12.8 Å². The first-order valence-electron chi connectivity index (χ1n) is 12.4. The van der Waals surface area contributed by atoms with Crippen LogP contribution >= 0.6 is 0 Å². The SMILES string of the molecule is Cc1ccc([C@@H](CCN2CCC(c3ccccc3)CC2)CN(C)S(=O)(=O)c2ccccc2)cc1F. The lowest BCUT2D eigenvalue weighted by Gasteiger charge is -2.33. The third kappa shape index (κ3) is 6.37. The normalized spacial score (nSPS) is 16.5. The molecule has 4 nitrogen and oxygen atoms in total. The molecule has 6 heteroatoms. The Balaban J connectivity index is 1.44. The molecule has 0 amide bonds. The molecule has 1 aliphatic heterocycles. The van der Waals surface area contributed by atoms with E-state index in [1.165, 1.54) is 9.87 Å². The number of hydrogen-bond acceptors (Lipinski definition) is 3. The molecule has 0 aromatic heterocycles. The van der Waals surface area contributed by atoms with Gasteiger partial charge in [-0.2, -0.15) is 0 Å². The Morgan fingerprint density at radius 1 is 0.971 bits per heavy atom. The summed E-state index contributed by atoms with van der Waals surface area (Å²) in [6, 6.07) is 24.5. The molecule has 0 saturated carbocycles. The van der Waals surface area contributed by atoms with Crippen LogP contribution in [0, 0.1) is 12.7 Å². The minimum Gasteiger partial charge on any atom is -0.303 e. The van der Waals surface area contributed by atoms with Crippen LogP contribution in [0.5, 0.6) is 0 Å². The molecule has 0 N–H and O–H groups in total. The molecule has 186 valence electrons. The summed E-state index contributed by atoms with van der Waals surface area (Å²) in [5.74, 6) is 0.252. The predicted molar refractivity (Wildman–Crippen MR) is 140 cm³/mol. The number of hydrogen-bond donors (Lipinski definition) is 0. The molecule has 1 heterocycles. The van der Waals surface area contributed by atoms with Crippen molar-refractivity contribution in [3.05, 3.63) is 101 Å². The van der Waals surface area contributed by atoms with Gasteiger partial charge in [-0.3, -0.25) is 0 Å². The number of halogens is 1. The maximum atomic E-state index is 14.4. The number of likely N-dealkylation sites (tertiary alicyclic amines) is 1. The molecule has 1 atom stereocenters. The van der Waals surface area contributed by atoms with Crippen LogP contribution in [0.15, 0.2) is 83.8 Å². The van der Waals surface area contributed by atoms with Gasteiger partial charge in [-0.25, -0.2) is 17.1 Å². The number of piperidine rings is 1. The fraction of sp³-hybridized carbons (Fsp3) is 0.379. The van der Waals surface area contributed by atoms with Crippen LogP contribution in [0.4, 0.5) is 4.39 Å². The first kappa shape index (κ1) is 25.5. The topological polar surface area (TPSA) is 40.6 Å². The van der Waals surface area contributed by atoms with Gasteiger partial charge in [0.25, 0.3) is 0 Å².